The topological polar surface area (TPSA) is 47.0 Å². The Bertz CT molecular complexity index is 551. The van der Waals surface area contributed by atoms with Gasteiger partial charge in [-0.15, -0.1) is 0 Å². The van der Waals surface area contributed by atoms with Gasteiger partial charge < -0.3 is 10.1 Å². The average molecular weight is 329 g/mol. The molecule has 0 aliphatic heterocycles. The molecular weight excluding hydrogens is 318 g/mol. The third-order valence-electron chi connectivity index (χ3n) is 2.07. The van der Waals surface area contributed by atoms with E-state index in [0.29, 0.717) is 22.6 Å². The number of benzene rings is 1. The largest absolute Gasteiger partial charge is 0.438 e. The maximum Gasteiger partial charge on any atom is 0.225 e. The van der Waals surface area contributed by atoms with Crippen LogP contribution in [0.15, 0.2) is 34.9 Å². The highest BCUT2D eigenvalue weighted by Gasteiger charge is 2.05. The summed E-state index contributed by atoms with van der Waals surface area (Å²) >= 11 is 9.25. The molecule has 2 aromatic rings. The molecule has 94 valence electrons. The quantitative estimate of drug-likeness (QED) is 0.917. The maximum absolute atomic E-state index is 5.87. The molecule has 0 aliphatic carbocycles. The van der Waals surface area contributed by atoms with Crippen LogP contribution in [0.1, 0.15) is 6.92 Å². The van der Waals surface area contributed by atoms with Gasteiger partial charge in [-0.2, -0.15) is 4.98 Å². The normalized spacial score (nSPS) is 10.2. The summed E-state index contributed by atoms with van der Waals surface area (Å²) in [5.41, 5.74) is 0. The SMILES string of the molecule is CCNc1nccc(Oc2ccc(Cl)cc2Br)n1. The molecule has 1 heterocycles. The summed E-state index contributed by atoms with van der Waals surface area (Å²) in [6, 6.07) is 7.00. The molecule has 0 radical (unpaired) electrons. The van der Waals surface area contributed by atoms with Crippen LogP contribution in [0.3, 0.4) is 0 Å². The van der Waals surface area contributed by atoms with Gasteiger partial charge in [-0.3, -0.25) is 0 Å². The minimum Gasteiger partial charge on any atom is -0.438 e. The van der Waals surface area contributed by atoms with Crippen LogP contribution in [0.5, 0.6) is 11.6 Å². The molecule has 0 atom stereocenters. The van der Waals surface area contributed by atoms with Crippen LogP contribution in [0, 0.1) is 0 Å². The molecule has 1 N–H and O–H groups in total. The monoisotopic (exact) mass is 327 g/mol. The van der Waals surface area contributed by atoms with Gasteiger partial charge in [0.25, 0.3) is 0 Å². The Kier molecular flexibility index (Phi) is 4.38. The minimum atomic E-state index is 0.476. The van der Waals surface area contributed by atoms with Crippen molar-refractivity contribution in [3.8, 4) is 11.6 Å². The molecular formula is C12H11BrClN3O. The zero-order chi connectivity index (χ0) is 13.0. The minimum absolute atomic E-state index is 0.476. The van der Waals surface area contributed by atoms with Gasteiger partial charge in [0.15, 0.2) is 0 Å². The van der Waals surface area contributed by atoms with Crippen molar-refractivity contribution < 1.29 is 4.74 Å². The van der Waals surface area contributed by atoms with Crippen LogP contribution >= 0.6 is 27.5 Å². The fourth-order valence-electron chi connectivity index (χ4n) is 1.31. The van der Waals surface area contributed by atoms with Gasteiger partial charge in [-0.1, -0.05) is 11.6 Å². The highest BCUT2D eigenvalue weighted by molar-refractivity contribution is 9.10. The molecule has 0 saturated heterocycles. The molecule has 0 amide bonds. The summed E-state index contributed by atoms with van der Waals surface area (Å²) in [5, 5.41) is 3.67. The van der Waals surface area contributed by atoms with E-state index in [1.54, 1.807) is 30.5 Å². The van der Waals surface area contributed by atoms with Crippen molar-refractivity contribution in [2.45, 2.75) is 6.92 Å². The van der Waals surface area contributed by atoms with Crippen LogP contribution in [-0.4, -0.2) is 16.5 Å². The third-order valence-corrected chi connectivity index (χ3v) is 2.93. The van der Waals surface area contributed by atoms with E-state index in [0.717, 1.165) is 11.0 Å². The third kappa shape index (κ3) is 3.34. The van der Waals surface area contributed by atoms with Gasteiger partial charge in [0, 0.05) is 23.8 Å². The van der Waals surface area contributed by atoms with E-state index in [4.69, 9.17) is 16.3 Å². The molecule has 2 rings (SSSR count). The van der Waals surface area contributed by atoms with Crippen molar-refractivity contribution in [1.29, 1.82) is 0 Å². The molecule has 0 bridgehead atoms. The van der Waals surface area contributed by atoms with Crippen LogP contribution in [0.4, 0.5) is 5.95 Å². The first-order valence-electron chi connectivity index (χ1n) is 5.39. The van der Waals surface area contributed by atoms with Crippen LogP contribution in [0.2, 0.25) is 5.02 Å². The van der Waals surface area contributed by atoms with Crippen LogP contribution in [-0.2, 0) is 0 Å². The second-order valence-electron chi connectivity index (χ2n) is 3.43. The number of anilines is 1. The van der Waals surface area contributed by atoms with E-state index in [1.807, 2.05) is 6.92 Å². The number of nitrogens with zero attached hydrogens (tertiary/aromatic N) is 2. The molecule has 0 fully saturated rings. The van der Waals surface area contributed by atoms with Crippen molar-refractivity contribution in [3.05, 3.63) is 40.0 Å². The Morgan fingerprint density at radius 3 is 2.94 bits per heavy atom. The predicted octanol–water partition coefficient (Wildman–Crippen LogP) is 4.12. The zero-order valence-electron chi connectivity index (χ0n) is 9.65. The van der Waals surface area contributed by atoms with Crippen LogP contribution < -0.4 is 10.1 Å². The summed E-state index contributed by atoms with van der Waals surface area (Å²) in [6.45, 7) is 2.74. The molecule has 0 spiro atoms. The smallest absolute Gasteiger partial charge is 0.225 e. The molecule has 0 saturated carbocycles. The van der Waals surface area contributed by atoms with E-state index < -0.39 is 0 Å². The number of ether oxygens (including phenoxy) is 1. The van der Waals surface area contributed by atoms with E-state index in [9.17, 15) is 0 Å². The second-order valence-corrected chi connectivity index (χ2v) is 4.72. The Morgan fingerprint density at radius 1 is 1.39 bits per heavy atom. The predicted molar refractivity (Wildman–Crippen MR) is 75.4 cm³/mol. The number of hydrogen-bond donors (Lipinski definition) is 1. The van der Waals surface area contributed by atoms with E-state index in [1.165, 1.54) is 0 Å². The highest BCUT2D eigenvalue weighted by atomic mass is 79.9. The molecule has 18 heavy (non-hydrogen) atoms. The number of halogens is 2. The van der Waals surface area contributed by atoms with Crippen molar-refractivity contribution in [3.63, 3.8) is 0 Å². The lowest BCUT2D eigenvalue weighted by Crippen LogP contribution is -2.02. The van der Waals surface area contributed by atoms with Crippen molar-refractivity contribution >= 4 is 33.5 Å². The summed E-state index contributed by atoms with van der Waals surface area (Å²) < 4.78 is 6.43. The lowest BCUT2D eigenvalue weighted by molar-refractivity contribution is 0.459. The Hall–Kier alpha value is -1.33. The first kappa shape index (κ1) is 13.1. The van der Waals surface area contributed by atoms with Gasteiger partial charge in [-0.25, -0.2) is 4.98 Å². The first-order valence-corrected chi connectivity index (χ1v) is 6.56. The Labute approximate surface area is 118 Å². The number of aromatic nitrogens is 2. The zero-order valence-corrected chi connectivity index (χ0v) is 12.0. The highest BCUT2D eigenvalue weighted by Crippen LogP contribution is 2.31. The summed E-state index contributed by atoms with van der Waals surface area (Å²) in [4.78, 5) is 8.30. The molecule has 1 aromatic carbocycles. The Morgan fingerprint density at radius 2 is 2.22 bits per heavy atom. The first-order chi connectivity index (χ1) is 8.69. The van der Waals surface area contributed by atoms with Gasteiger partial charge in [-0.05, 0) is 41.1 Å². The molecule has 1 aromatic heterocycles. The van der Waals surface area contributed by atoms with Crippen LogP contribution in [0.25, 0.3) is 0 Å². The van der Waals surface area contributed by atoms with E-state index in [2.05, 4.69) is 31.2 Å². The average Bonchev–Trinajstić information content (AvgIpc) is 2.34. The second kappa shape index (κ2) is 6.02. The number of rotatable bonds is 4. The van der Waals surface area contributed by atoms with E-state index >= 15 is 0 Å². The lowest BCUT2D eigenvalue weighted by atomic mass is 10.3. The van der Waals surface area contributed by atoms with Gasteiger partial charge in [0.1, 0.15) is 5.75 Å². The molecule has 4 nitrogen and oxygen atoms in total. The summed E-state index contributed by atoms with van der Waals surface area (Å²) in [5.74, 6) is 1.67. The van der Waals surface area contributed by atoms with E-state index in [-0.39, 0.29) is 0 Å². The van der Waals surface area contributed by atoms with Gasteiger partial charge in [0.2, 0.25) is 11.8 Å². The summed E-state index contributed by atoms with van der Waals surface area (Å²) in [7, 11) is 0. The maximum atomic E-state index is 5.87. The van der Waals surface area contributed by atoms with Gasteiger partial charge in [0.05, 0.1) is 4.47 Å². The van der Waals surface area contributed by atoms with Crippen molar-refractivity contribution in [2.24, 2.45) is 0 Å². The lowest BCUT2D eigenvalue weighted by Gasteiger charge is -2.08. The van der Waals surface area contributed by atoms with Crippen molar-refractivity contribution in [1.82, 2.24) is 9.97 Å². The van der Waals surface area contributed by atoms with Crippen molar-refractivity contribution in [2.75, 3.05) is 11.9 Å². The molecule has 6 heteroatoms. The molecule has 0 unspecified atom stereocenters. The summed E-state index contributed by atoms with van der Waals surface area (Å²) in [6.07, 6.45) is 1.64. The molecule has 0 aliphatic rings. The number of nitrogens with one attached hydrogen (secondary N) is 1. The standard InChI is InChI=1S/C12H11BrClN3O/c1-2-15-12-16-6-5-11(17-12)18-10-4-3-8(14)7-9(10)13/h3-7H,2H2,1H3,(H,15,16,17). The fourth-order valence-corrected chi connectivity index (χ4v) is 2.08. The Balaban J connectivity index is 2.20. The fraction of sp³-hybridized carbons (Fsp3) is 0.167. The van der Waals surface area contributed by atoms with Gasteiger partial charge >= 0.3 is 0 Å². The number of hydrogen-bond acceptors (Lipinski definition) is 4.